The van der Waals surface area contributed by atoms with Crippen molar-refractivity contribution in [3.05, 3.63) is 35.9 Å². The van der Waals surface area contributed by atoms with E-state index in [1.54, 1.807) is 6.47 Å². The first kappa shape index (κ1) is 10.8. The first-order valence-electron chi connectivity index (χ1n) is 4.83. The highest BCUT2D eigenvalue weighted by molar-refractivity contribution is 5.41. The van der Waals surface area contributed by atoms with Crippen LogP contribution in [0, 0.1) is 0 Å². The molecular formula is C12H15O2. The second-order valence-electron chi connectivity index (χ2n) is 3.53. The van der Waals surface area contributed by atoms with Gasteiger partial charge in [0.05, 0.1) is 0 Å². The van der Waals surface area contributed by atoms with E-state index in [0.717, 1.165) is 18.4 Å². The fourth-order valence-corrected chi connectivity index (χ4v) is 1.61. The van der Waals surface area contributed by atoms with Gasteiger partial charge in [0.1, 0.15) is 5.60 Å². The summed E-state index contributed by atoms with van der Waals surface area (Å²) in [4.78, 5) is 10.3. The maximum atomic E-state index is 10.3. The average Bonchev–Trinajstić information content (AvgIpc) is 2.20. The highest BCUT2D eigenvalue weighted by atomic mass is 16.5. The number of ether oxygens (including phenoxy) is 1. The minimum atomic E-state index is -0.530. The van der Waals surface area contributed by atoms with Crippen molar-refractivity contribution >= 4 is 6.47 Å². The van der Waals surface area contributed by atoms with E-state index in [-0.39, 0.29) is 0 Å². The van der Waals surface area contributed by atoms with Gasteiger partial charge < -0.3 is 4.74 Å². The number of hydrogen-bond acceptors (Lipinski definition) is 2. The molecule has 0 heterocycles. The van der Waals surface area contributed by atoms with Gasteiger partial charge in [-0.2, -0.15) is 0 Å². The minimum absolute atomic E-state index is 0.530. The van der Waals surface area contributed by atoms with Gasteiger partial charge in [0.2, 0.25) is 0 Å². The van der Waals surface area contributed by atoms with Crippen LogP contribution in [0.4, 0.5) is 0 Å². The number of benzene rings is 1. The third-order valence-electron chi connectivity index (χ3n) is 2.38. The van der Waals surface area contributed by atoms with Gasteiger partial charge in [-0.05, 0) is 18.9 Å². The molecule has 0 aromatic heterocycles. The Morgan fingerprint density at radius 1 is 1.36 bits per heavy atom. The van der Waals surface area contributed by atoms with E-state index in [9.17, 15) is 4.79 Å². The van der Waals surface area contributed by atoms with Crippen LogP contribution in [0.5, 0.6) is 0 Å². The van der Waals surface area contributed by atoms with Crippen molar-refractivity contribution in [3.8, 4) is 0 Å². The van der Waals surface area contributed by atoms with Crippen molar-refractivity contribution in [1.29, 1.82) is 0 Å². The summed E-state index contributed by atoms with van der Waals surface area (Å²) in [6.45, 7) is 5.52. The Hall–Kier alpha value is -1.31. The zero-order valence-corrected chi connectivity index (χ0v) is 8.62. The zero-order valence-electron chi connectivity index (χ0n) is 8.62. The van der Waals surface area contributed by atoms with Crippen molar-refractivity contribution in [3.63, 3.8) is 0 Å². The summed E-state index contributed by atoms with van der Waals surface area (Å²) in [6, 6.07) is 9.76. The van der Waals surface area contributed by atoms with Gasteiger partial charge in [0.25, 0.3) is 0 Å². The van der Waals surface area contributed by atoms with Crippen LogP contribution in [0.15, 0.2) is 30.3 Å². The zero-order chi connectivity index (χ0) is 10.4. The Morgan fingerprint density at radius 2 is 2.00 bits per heavy atom. The largest absolute Gasteiger partial charge is 0.446 e. The molecule has 1 rings (SSSR count). The van der Waals surface area contributed by atoms with Gasteiger partial charge in [0.15, 0.2) is 0 Å². The molecule has 2 heteroatoms. The molecule has 1 atom stereocenters. The summed E-state index contributed by atoms with van der Waals surface area (Å²) in [5.41, 5.74) is 0.489. The summed E-state index contributed by atoms with van der Waals surface area (Å²) in [7, 11) is 0. The molecular weight excluding hydrogens is 176 g/mol. The van der Waals surface area contributed by atoms with E-state index in [1.165, 1.54) is 0 Å². The van der Waals surface area contributed by atoms with Gasteiger partial charge in [-0.1, -0.05) is 43.7 Å². The van der Waals surface area contributed by atoms with Crippen LogP contribution in [0.2, 0.25) is 0 Å². The fraction of sp³-hybridized carbons (Fsp3) is 0.417. The van der Waals surface area contributed by atoms with Gasteiger partial charge in [0, 0.05) is 0 Å². The molecule has 1 aromatic rings. The number of hydrogen-bond donors (Lipinski definition) is 0. The standard InChI is InChI=1S/C12H15O2/c1-3-9-12(2,14-10-13)11-7-5-4-6-8-11/h4-8H,3,9H2,1-2H3. The van der Waals surface area contributed by atoms with Crippen LogP contribution in [-0.2, 0) is 15.1 Å². The first-order chi connectivity index (χ1) is 6.73. The van der Waals surface area contributed by atoms with Crippen molar-refractivity contribution in [2.75, 3.05) is 0 Å². The molecule has 0 saturated heterocycles. The molecule has 0 fully saturated rings. The van der Waals surface area contributed by atoms with Crippen molar-refractivity contribution < 1.29 is 9.53 Å². The lowest BCUT2D eigenvalue weighted by Gasteiger charge is -2.27. The summed E-state index contributed by atoms with van der Waals surface area (Å²) in [5, 5.41) is 0. The van der Waals surface area contributed by atoms with Crippen LogP contribution in [0.25, 0.3) is 0 Å². The Labute approximate surface area is 84.9 Å². The predicted octanol–water partition coefficient (Wildman–Crippen LogP) is 2.79. The van der Waals surface area contributed by atoms with Gasteiger partial charge in [-0.15, -0.1) is 0 Å². The van der Waals surface area contributed by atoms with Crippen LogP contribution >= 0.6 is 0 Å². The Kier molecular flexibility index (Phi) is 3.69. The first-order valence-corrected chi connectivity index (χ1v) is 4.83. The molecule has 0 spiro atoms. The lowest BCUT2D eigenvalue weighted by Crippen LogP contribution is -2.25. The quantitative estimate of drug-likeness (QED) is 0.715. The maximum Gasteiger partial charge on any atom is 0.418 e. The van der Waals surface area contributed by atoms with E-state index in [1.807, 2.05) is 37.3 Å². The highest BCUT2D eigenvalue weighted by Crippen LogP contribution is 2.29. The maximum absolute atomic E-state index is 10.3. The lowest BCUT2D eigenvalue weighted by molar-refractivity contribution is 0.0575. The molecule has 2 nitrogen and oxygen atoms in total. The fourth-order valence-electron chi connectivity index (χ4n) is 1.61. The van der Waals surface area contributed by atoms with Crippen molar-refractivity contribution in [1.82, 2.24) is 0 Å². The van der Waals surface area contributed by atoms with E-state index in [0.29, 0.717) is 0 Å². The van der Waals surface area contributed by atoms with E-state index in [4.69, 9.17) is 4.74 Å². The molecule has 0 N–H and O–H groups in total. The second kappa shape index (κ2) is 4.80. The predicted molar refractivity (Wildman–Crippen MR) is 55.5 cm³/mol. The Bertz CT molecular complexity index is 282. The molecule has 0 aliphatic rings. The molecule has 75 valence electrons. The third kappa shape index (κ3) is 2.34. The molecule has 0 bridgehead atoms. The summed E-state index contributed by atoms with van der Waals surface area (Å²) in [5.74, 6) is 0. The van der Waals surface area contributed by atoms with E-state index < -0.39 is 5.60 Å². The molecule has 0 aliphatic carbocycles. The smallest absolute Gasteiger partial charge is 0.418 e. The number of carbonyl (C=O) groups excluding carboxylic acids is 1. The topological polar surface area (TPSA) is 26.3 Å². The second-order valence-corrected chi connectivity index (χ2v) is 3.53. The Morgan fingerprint density at radius 3 is 2.50 bits per heavy atom. The molecule has 0 aliphatic heterocycles. The minimum Gasteiger partial charge on any atom is -0.446 e. The molecule has 1 radical (unpaired) electrons. The molecule has 1 aromatic carbocycles. The van der Waals surface area contributed by atoms with Gasteiger partial charge in [-0.3, -0.25) is 0 Å². The van der Waals surface area contributed by atoms with Gasteiger partial charge in [-0.25, -0.2) is 4.79 Å². The van der Waals surface area contributed by atoms with Crippen molar-refractivity contribution in [2.24, 2.45) is 0 Å². The third-order valence-corrected chi connectivity index (χ3v) is 2.38. The molecule has 0 amide bonds. The monoisotopic (exact) mass is 191 g/mol. The summed E-state index contributed by atoms with van der Waals surface area (Å²) >= 11 is 0. The van der Waals surface area contributed by atoms with E-state index >= 15 is 0 Å². The Balaban J connectivity index is 2.92. The normalized spacial score (nSPS) is 14.4. The van der Waals surface area contributed by atoms with E-state index in [2.05, 4.69) is 6.92 Å². The summed E-state index contributed by atoms with van der Waals surface area (Å²) < 4.78 is 5.05. The van der Waals surface area contributed by atoms with Crippen molar-refractivity contribution in [2.45, 2.75) is 32.3 Å². The summed E-state index contributed by atoms with van der Waals surface area (Å²) in [6.07, 6.45) is 1.78. The van der Waals surface area contributed by atoms with Crippen LogP contribution in [0.1, 0.15) is 32.3 Å². The highest BCUT2D eigenvalue weighted by Gasteiger charge is 2.27. The molecule has 1 unspecified atom stereocenters. The molecule has 0 saturated carbocycles. The SMILES string of the molecule is CCCC(C)(O[C]=O)c1ccccc1. The molecule has 14 heavy (non-hydrogen) atoms. The van der Waals surface area contributed by atoms with Crippen LogP contribution in [-0.4, -0.2) is 6.47 Å². The number of rotatable bonds is 5. The van der Waals surface area contributed by atoms with Crippen LogP contribution in [0.3, 0.4) is 0 Å². The lowest BCUT2D eigenvalue weighted by atomic mass is 9.91. The van der Waals surface area contributed by atoms with Crippen LogP contribution < -0.4 is 0 Å². The van der Waals surface area contributed by atoms with Gasteiger partial charge >= 0.3 is 6.47 Å². The average molecular weight is 191 g/mol.